The van der Waals surface area contributed by atoms with Crippen molar-refractivity contribution < 1.29 is 17.0 Å². The van der Waals surface area contributed by atoms with Gasteiger partial charge in [-0.15, -0.1) is 6.58 Å². The highest BCUT2D eigenvalue weighted by molar-refractivity contribution is 5.28. The van der Waals surface area contributed by atoms with Crippen LogP contribution in [0.15, 0.2) is 55.4 Å². The molecule has 0 fully saturated rings. The van der Waals surface area contributed by atoms with E-state index in [9.17, 15) is 0 Å². The maximum Gasteiger partial charge on any atom is 0.265 e. The number of hydrogen-bond acceptors (Lipinski definition) is 0. The molecule has 102 valence electrons. The molecule has 1 unspecified atom stereocenters. The summed E-state index contributed by atoms with van der Waals surface area (Å²) in [5.74, 6) is 1.45. The minimum absolute atomic E-state index is 0. The SMILES string of the molecule is C=CC(c1ccccc1)c1[nH]cc[n+]1CCCC.[Cl-]. The molecule has 0 aliphatic rings. The van der Waals surface area contributed by atoms with Gasteiger partial charge in [0.2, 0.25) is 0 Å². The summed E-state index contributed by atoms with van der Waals surface area (Å²) in [6.07, 6.45) is 8.54. The number of aromatic nitrogens is 2. The zero-order valence-electron chi connectivity index (χ0n) is 11.3. The second-order valence-corrected chi connectivity index (χ2v) is 4.52. The van der Waals surface area contributed by atoms with Crippen LogP contribution in [0, 0.1) is 0 Å². The Morgan fingerprint density at radius 1 is 1.32 bits per heavy atom. The molecule has 0 radical (unpaired) electrons. The Morgan fingerprint density at radius 2 is 2.05 bits per heavy atom. The first-order chi connectivity index (χ1) is 8.86. The van der Waals surface area contributed by atoms with Crippen molar-refractivity contribution in [2.75, 3.05) is 0 Å². The van der Waals surface area contributed by atoms with E-state index in [2.05, 4.69) is 53.5 Å². The van der Waals surface area contributed by atoms with Crippen molar-refractivity contribution in [3.05, 3.63) is 66.8 Å². The highest BCUT2D eigenvalue weighted by Crippen LogP contribution is 2.21. The molecule has 2 rings (SSSR count). The van der Waals surface area contributed by atoms with Gasteiger partial charge in [0, 0.05) is 0 Å². The lowest BCUT2D eigenvalue weighted by Crippen LogP contribution is -3.00. The third-order valence-corrected chi connectivity index (χ3v) is 3.24. The van der Waals surface area contributed by atoms with Crippen LogP contribution in [0.1, 0.15) is 37.1 Å². The molecule has 1 heterocycles. The van der Waals surface area contributed by atoms with Crippen LogP contribution >= 0.6 is 0 Å². The zero-order valence-corrected chi connectivity index (χ0v) is 12.1. The Labute approximate surface area is 121 Å². The van der Waals surface area contributed by atoms with Crippen molar-refractivity contribution in [1.82, 2.24) is 4.98 Å². The molecule has 0 amide bonds. The lowest BCUT2D eigenvalue weighted by molar-refractivity contribution is -0.703. The van der Waals surface area contributed by atoms with Crippen LogP contribution in [0.2, 0.25) is 0 Å². The van der Waals surface area contributed by atoms with Gasteiger partial charge in [-0.05, 0) is 12.0 Å². The quantitative estimate of drug-likeness (QED) is 0.583. The maximum atomic E-state index is 3.98. The average molecular weight is 277 g/mol. The topological polar surface area (TPSA) is 19.7 Å². The number of nitrogens with one attached hydrogen (secondary N) is 1. The minimum Gasteiger partial charge on any atom is -1.00 e. The summed E-state index contributed by atoms with van der Waals surface area (Å²) in [7, 11) is 0. The van der Waals surface area contributed by atoms with E-state index in [0.717, 1.165) is 6.54 Å². The average Bonchev–Trinajstić information content (AvgIpc) is 2.87. The van der Waals surface area contributed by atoms with Gasteiger partial charge in [-0.2, -0.15) is 0 Å². The molecule has 0 aliphatic heterocycles. The van der Waals surface area contributed by atoms with Crippen LogP contribution in [0.25, 0.3) is 0 Å². The Bertz CT molecular complexity index is 490. The molecule has 1 N–H and O–H groups in total. The molecule has 0 spiro atoms. The number of rotatable bonds is 6. The van der Waals surface area contributed by atoms with E-state index in [-0.39, 0.29) is 18.3 Å². The molecule has 0 bridgehead atoms. The van der Waals surface area contributed by atoms with Crippen LogP contribution in [-0.2, 0) is 6.54 Å². The largest absolute Gasteiger partial charge is 1.00 e. The molecule has 3 heteroatoms. The van der Waals surface area contributed by atoms with Crippen molar-refractivity contribution >= 4 is 0 Å². The second kappa shape index (κ2) is 7.80. The van der Waals surface area contributed by atoms with Crippen molar-refractivity contribution in [2.24, 2.45) is 0 Å². The van der Waals surface area contributed by atoms with Gasteiger partial charge in [0.1, 0.15) is 18.3 Å². The monoisotopic (exact) mass is 276 g/mol. The number of aromatic amines is 1. The van der Waals surface area contributed by atoms with Crippen molar-refractivity contribution in [2.45, 2.75) is 32.2 Å². The van der Waals surface area contributed by atoms with E-state index in [0.29, 0.717) is 0 Å². The van der Waals surface area contributed by atoms with Crippen LogP contribution in [0.5, 0.6) is 0 Å². The molecule has 1 atom stereocenters. The Kier molecular flexibility index (Phi) is 6.37. The summed E-state index contributed by atoms with van der Waals surface area (Å²) in [6.45, 7) is 7.26. The molecular formula is C16H21ClN2. The van der Waals surface area contributed by atoms with Gasteiger partial charge in [0.15, 0.2) is 0 Å². The van der Waals surface area contributed by atoms with Crippen molar-refractivity contribution in [3.8, 4) is 0 Å². The summed E-state index contributed by atoms with van der Waals surface area (Å²) in [4.78, 5) is 3.36. The van der Waals surface area contributed by atoms with E-state index >= 15 is 0 Å². The number of aryl methyl sites for hydroxylation is 1. The van der Waals surface area contributed by atoms with E-state index in [1.807, 2.05) is 18.3 Å². The van der Waals surface area contributed by atoms with Gasteiger partial charge < -0.3 is 12.4 Å². The number of nitrogens with zero attached hydrogens (tertiary/aromatic N) is 1. The van der Waals surface area contributed by atoms with Crippen molar-refractivity contribution in [1.29, 1.82) is 0 Å². The molecule has 0 saturated heterocycles. The Balaban J connectivity index is 0.00000180. The first-order valence-corrected chi connectivity index (χ1v) is 6.61. The van der Waals surface area contributed by atoms with Gasteiger partial charge in [-0.25, -0.2) is 9.55 Å². The number of hydrogen-bond donors (Lipinski definition) is 1. The normalized spacial score (nSPS) is 11.6. The lowest BCUT2D eigenvalue weighted by atomic mass is 9.98. The number of H-pyrrole nitrogens is 1. The summed E-state index contributed by atoms with van der Waals surface area (Å²) in [5.41, 5.74) is 1.28. The summed E-state index contributed by atoms with van der Waals surface area (Å²) >= 11 is 0. The van der Waals surface area contributed by atoms with E-state index in [1.165, 1.54) is 24.2 Å². The first-order valence-electron chi connectivity index (χ1n) is 6.61. The van der Waals surface area contributed by atoms with E-state index in [4.69, 9.17) is 0 Å². The van der Waals surface area contributed by atoms with E-state index < -0.39 is 0 Å². The number of benzene rings is 1. The second-order valence-electron chi connectivity index (χ2n) is 4.52. The predicted molar refractivity (Wildman–Crippen MR) is 74.4 cm³/mol. The summed E-state index contributed by atoms with van der Waals surface area (Å²) in [5, 5.41) is 0. The minimum atomic E-state index is 0. The number of halogens is 1. The molecule has 2 aromatic rings. The van der Waals surface area contributed by atoms with Crippen LogP contribution in [0.4, 0.5) is 0 Å². The fourth-order valence-corrected chi connectivity index (χ4v) is 2.23. The predicted octanol–water partition coefficient (Wildman–Crippen LogP) is 0.424. The lowest BCUT2D eigenvalue weighted by Gasteiger charge is -2.09. The number of imidazole rings is 1. The third-order valence-electron chi connectivity index (χ3n) is 3.24. The van der Waals surface area contributed by atoms with Gasteiger partial charge in [0.05, 0.1) is 6.54 Å². The molecule has 0 aliphatic carbocycles. The fourth-order valence-electron chi connectivity index (χ4n) is 2.23. The van der Waals surface area contributed by atoms with Crippen LogP contribution < -0.4 is 17.0 Å². The fraction of sp³-hybridized carbons (Fsp3) is 0.312. The third kappa shape index (κ3) is 3.71. The van der Waals surface area contributed by atoms with Crippen LogP contribution in [0.3, 0.4) is 0 Å². The summed E-state index contributed by atoms with van der Waals surface area (Å²) < 4.78 is 2.29. The zero-order chi connectivity index (χ0) is 12.8. The Morgan fingerprint density at radius 3 is 2.68 bits per heavy atom. The highest BCUT2D eigenvalue weighted by Gasteiger charge is 2.21. The molecular weight excluding hydrogens is 256 g/mol. The molecule has 2 nitrogen and oxygen atoms in total. The highest BCUT2D eigenvalue weighted by atomic mass is 35.5. The molecule has 1 aromatic heterocycles. The van der Waals surface area contributed by atoms with Gasteiger partial charge in [-0.1, -0.05) is 49.8 Å². The maximum absolute atomic E-state index is 3.98. The van der Waals surface area contributed by atoms with Crippen molar-refractivity contribution in [3.63, 3.8) is 0 Å². The Hall–Kier alpha value is -1.54. The van der Waals surface area contributed by atoms with Crippen LogP contribution in [-0.4, -0.2) is 4.98 Å². The molecule has 0 saturated carbocycles. The molecule has 1 aromatic carbocycles. The van der Waals surface area contributed by atoms with Gasteiger partial charge in [-0.3, -0.25) is 0 Å². The number of allylic oxidation sites excluding steroid dienone is 1. The summed E-state index contributed by atoms with van der Waals surface area (Å²) in [6, 6.07) is 10.5. The van der Waals surface area contributed by atoms with Gasteiger partial charge >= 0.3 is 0 Å². The number of unbranched alkanes of at least 4 members (excludes halogenated alkanes) is 1. The van der Waals surface area contributed by atoms with E-state index in [1.54, 1.807) is 0 Å². The smallest absolute Gasteiger partial charge is 0.265 e. The first kappa shape index (κ1) is 15.5. The standard InChI is InChI=1S/C16H20N2.ClH/c1-3-5-12-18-13-11-17-16(18)15(4-2)14-9-7-6-8-10-14;/h4,6-11,13,15H,2-3,5,12H2,1H3;1H. The molecule has 19 heavy (non-hydrogen) atoms. The van der Waals surface area contributed by atoms with Gasteiger partial charge in [0.25, 0.3) is 5.82 Å².